The minimum absolute atomic E-state index is 0.0323. The van der Waals surface area contributed by atoms with Gasteiger partial charge in [-0.3, -0.25) is 13.8 Å². The first-order chi connectivity index (χ1) is 30.2. The molecule has 0 aliphatic carbocycles. The number of hydrogen-bond acceptors (Lipinski definition) is 7. The molecule has 0 saturated carbocycles. The number of aliphatic hydroxyl groups excluding tert-OH is 1. The molecule has 4 aromatic rings. The Labute approximate surface area is 379 Å². The fourth-order valence-corrected chi connectivity index (χ4v) is 10.2. The Hall–Kier alpha value is -2.93. The van der Waals surface area contributed by atoms with E-state index in [1.807, 2.05) is 51.5 Å². The number of unbranched alkanes of at least 4 members (excludes halogenated alkanes) is 18. The van der Waals surface area contributed by atoms with Crippen LogP contribution in [0.2, 0.25) is 0 Å². The molecule has 0 fully saturated rings. The summed E-state index contributed by atoms with van der Waals surface area (Å²) in [5.41, 5.74) is 0. The van der Waals surface area contributed by atoms with E-state index in [0.29, 0.717) is 28.9 Å². The van der Waals surface area contributed by atoms with E-state index in [4.69, 9.17) is 9.05 Å². The number of carbonyl (C=O) groups is 1. The molecule has 4 N–H and O–H groups in total. The van der Waals surface area contributed by atoms with Crippen molar-refractivity contribution in [1.29, 1.82) is 0 Å². The fraction of sp³-hybridized carbons (Fsp3) is 0.620. The number of allylic oxidation sites excluding steroid dienone is 1. The van der Waals surface area contributed by atoms with E-state index in [9.17, 15) is 27.8 Å². The number of sulfonamides is 1. The van der Waals surface area contributed by atoms with E-state index in [1.165, 1.54) is 51.4 Å². The van der Waals surface area contributed by atoms with E-state index in [-0.39, 0.29) is 25.5 Å². The molecule has 4 aromatic carbocycles. The molecule has 0 aromatic heterocycles. The lowest BCUT2D eigenvalue weighted by Crippen LogP contribution is -2.45. The number of rotatable bonds is 35. The van der Waals surface area contributed by atoms with Crippen LogP contribution in [0.1, 0.15) is 142 Å². The highest BCUT2D eigenvalue weighted by molar-refractivity contribution is 7.89. The van der Waals surface area contributed by atoms with Gasteiger partial charge in [-0.05, 0) is 58.7 Å². The Kier molecular flexibility index (Phi) is 23.0. The summed E-state index contributed by atoms with van der Waals surface area (Å²) in [7, 11) is -2.20. The van der Waals surface area contributed by atoms with E-state index in [0.717, 1.165) is 103 Å². The van der Waals surface area contributed by atoms with Crippen molar-refractivity contribution in [2.24, 2.45) is 0 Å². The quantitative estimate of drug-likeness (QED) is 0.0117. The Bertz CT molecular complexity index is 2110. The zero-order valence-corrected chi connectivity index (χ0v) is 40.5. The van der Waals surface area contributed by atoms with E-state index in [1.54, 1.807) is 12.1 Å². The first-order valence-corrected chi connectivity index (χ1v) is 26.9. The second-order valence-corrected chi connectivity index (χ2v) is 21.6. The normalized spacial score (nSPS) is 14.6. The van der Waals surface area contributed by atoms with Crippen molar-refractivity contribution in [1.82, 2.24) is 10.0 Å². The summed E-state index contributed by atoms with van der Waals surface area (Å²) in [5.74, 6) is -0.237. The van der Waals surface area contributed by atoms with Gasteiger partial charge in [-0.15, -0.1) is 0 Å². The van der Waals surface area contributed by atoms with Gasteiger partial charge in [0.15, 0.2) is 0 Å². The van der Waals surface area contributed by atoms with Crippen LogP contribution in [0.5, 0.6) is 0 Å². The highest BCUT2D eigenvalue weighted by Gasteiger charge is 2.28. The third kappa shape index (κ3) is 19.2. The molecule has 3 atom stereocenters. The molecule has 1 unspecified atom stereocenters. The van der Waals surface area contributed by atoms with Crippen molar-refractivity contribution in [2.45, 2.75) is 159 Å². The first-order valence-electron chi connectivity index (χ1n) is 23.9. The summed E-state index contributed by atoms with van der Waals surface area (Å²) in [4.78, 5) is 23.6. The van der Waals surface area contributed by atoms with E-state index in [2.05, 4.69) is 41.2 Å². The number of phosphoric acid groups is 1. The number of nitrogens with zero attached hydrogens (tertiary/aromatic N) is 1. The lowest BCUT2D eigenvalue weighted by Gasteiger charge is -2.25. The van der Waals surface area contributed by atoms with E-state index < -0.39 is 30.0 Å². The first kappa shape index (κ1) is 52.7. The van der Waals surface area contributed by atoms with Crippen molar-refractivity contribution < 1.29 is 41.3 Å². The molecule has 0 radical (unpaired) electrons. The molecule has 0 aliphatic rings. The Morgan fingerprint density at radius 3 is 1.89 bits per heavy atom. The largest absolute Gasteiger partial charge is 0.472 e. The molecule has 0 heterocycles. The Balaban J connectivity index is 1.09. The Morgan fingerprint density at radius 2 is 1.27 bits per heavy atom. The van der Waals surface area contributed by atoms with Crippen molar-refractivity contribution >= 4 is 56.1 Å². The lowest BCUT2D eigenvalue weighted by atomic mass is 9.94. The smallest absolute Gasteiger partial charge is 0.387 e. The van der Waals surface area contributed by atoms with Gasteiger partial charge >= 0.3 is 7.82 Å². The molecule has 13 heteroatoms. The van der Waals surface area contributed by atoms with Crippen LogP contribution in [-0.2, 0) is 28.4 Å². The molecule has 63 heavy (non-hydrogen) atoms. The molecule has 4 rings (SSSR count). The molecule has 352 valence electrons. The summed E-state index contributed by atoms with van der Waals surface area (Å²) in [6.45, 7) is 2.82. The highest BCUT2D eigenvalue weighted by atomic mass is 32.2. The molecule has 11 nitrogen and oxygen atoms in total. The minimum Gasteiger partial charge on any atom is -0.387 e. The average molecular weight is 913 g/mol. The standard InChI is InChI=1S/C50H78N3O8PS/c1-5-6-7-8-9-10-11-12-14-17-20-23-29-46(54)45(40-61-62(56,57)60-39-38-53(2,3)4)52-48(55)30-24-21-18-15-13-16-19-22-25-37-51-63(58,59)47-36-34-43-32-31-41-27-26-28-42-33-35-44(47)50(43)49(41)42/h23,26-29,31-36,45-46,51,54H,5-22,24-25,30,37-40H2,1-4H3,(H-,52,55,56,57)/p+1/b29-23+/t45-,46+/m0/s1. The van der Waals surface area contributed by atoms with Crippen LogP contribution < -0.4 is 10.0 Å². The van der Waals surface area contributed by atoms with Crippen LogP contribution >= 0.6 is 7.82 Å². The van der Waals surface area contributed by atoms with Crippen LogP contribution in [0.3, 0.4) is 0 Å². The zero-order chi connectivity index (χ0) is 45.6. The van der Waals surface area contributed by atoms with Crippen LogP contribution in [0.25, 0.3) is 32.3 Å². The van der Waals surface area contributed by atoms with E-state index >= 15 is 0 Å². The molecule has 0 bridgehead atoms. The number of nitrogens with one attached hydrogen (secondary N) is 2. The topological polar surface area (TPSA) is 151 Å². The zero-order valence-electron chi connectivity index (χ0n) is 38.8. The van der Waals surface area contributed by atoms with Crippen LogP contribution in [0.4, 0.5) is 0 Å². The number of quaternary nitrogens is 1. The number of benzene rings is 4. The van der Waals surface area contributed by atoms with Crippen LogP contribution in [0.15, 0.2) is 71.6 Å². The maximum Gasteiger partial charge on any atom is 0.472 e. The number of likely N-dealkylation sites (N-methyl/N-ethyl adjacent to an activating group) is 1. The highest BCUT2D eigenvalue weighted by Crippen LogP contribution is 2.43. The third-order valence-electron chi connectivity index (χ3n) is 11.9. The van der Waals surface area contributed by atoms with Gasteiger partial charge in [0.2, 0.25) is 15.9 Å². The van der Waals surface area contributed by atoms with Gasteiger partial charge in [-0.25, -0.2) is 17.7 Å². The number of carbonyl (C=O) groups excluding carboxylic acids is 1. The molecule has 0 spiro atoms. The lowest BCUT2D eigenvalue weighted by molar-refractivity contribution is -0.870. The summed E-state index contributed by atoms with van der Waals surface area (Å²) in [6, 6.07) is 17.0. The summed E-state index contributed by atoms with van der Waals surface area (Å²) >= 11 is 0. The second-order valence-electron chi connectivity index (χ2n) is 18.4. The maximum atomic E-state index is 13.4. The van der Waals surface area contributed by atoms with Gasteiger partial charge in [0.25, 0.3) is 0 Å². The number of phosphoric ester groups is 1. The minimum atomic E-state index is -4.38. The van der Waals surface area contributed by atoms with Gasteiger partial charge in [-0.1, -0.05) is 170 Å². The third-order valence-corrected chi connectivity index (χ3v) is 14.4. The molecule has 1 amide bonds. The van der Waals surface area contributed by atoms with Crippen LogP contribution in [-0.4, -0.2) is 88.4 Å². The van der Waals surface area contributed by atoms with Gasteiger partial charge in [0, 0.05) is 18.4 Å². The summed E-state index contributed by atoms with van der Waals surface area (Å²) in [6.07, 6.45) is 24.6. The van der Waals surface area contributed by atoms with Crippen LogP contribution in [0, 0.1) is 0 Å². The number of aliphatic hydroxyl groups is 1. The molecular weight excluding hydrogens is 834 g/mol. The van der Waals surface area contributed by atoms with Gasteiger partial charge in [-0.2, -0.15) is 0 Å². The number of hydrogen-bond donors (Lipinski definition) is 4. The monoisotopic (exact) mass is 913 g/mol. The second kappa shape index (κ2) is 27.5. The van der Waals surface area contributed by atoms with Crippen molar-refractivity contribution in [3.8, 4) is 0 Å². The predicted molar refractivity (Wildman–Crippen MR) is 260 cm³/mol. The molecule has 0 aliphatic heterocycles. The summed E-state index contributed by atoms with van der Waals surface area (Å²) in [5, 5.41) is 19.9. The maximum absolute atomic E-state index is 13.4. The van der Waals surface area contributed by atoms with Gasteiger partial charge < -0.3 is 19.8 Å². The SMILES string of the molecule is CCCCCCCCCCCC/C=C/[C@@H](O)[C@H](COP(=O)(O)OCC[N+](C)(C)C)NC(=O)CCCCCCCCCCCNS(=O)(=O)c1ccc2ccc3cccc4ccc1c2c34. The number of amides is 1. The van der Waals surface area contributed by atoms with Gasteiger partial charge in [0.1, 0.15) is 13.2 Å². The van der Waals surface area contributed by atoms with Crippen molar-refractivity contribution in [2.75, 3.05) is 47.4 Å². The summed E-state index contributed by atoms with van der Waals surface area (Å²) < 4.78 is 53.3. The fourth-order valence-electron chi connectivity index (χ4n) is 8.14. The molecule has 0 saturated heterocycles. The Morgan fingerprint density at radius 1 is 0.730 bits per heavy atom. The van der Waals surface area contributed by atoms with Gasteiger partial charge in [0.05, 0.1) is 44.8 Å². The molecular formula is C50H79N3O8PS+. The van der Waals surface area contributed by atoms with Crippen molar-refractivity contribution in [3.63, 3.8) is 0 Å². The predicted octanol–water partition coefficient (Wildman–Crippen LogP) is 11.3. The van der Waals surface area contributed by atoms with Crippen molar-refractivity contribution in [3.05, 3.63) is 66.7 Å². The average Bonchev–Trinajstić information content (AvgIpc) is 3.24.